The topological polar surface area (TPSA) is 66.7 Å². The number of piperazine rings is 1. The molecule has 2 unspecified atom stereocenters. The summed E-state index contributed by atoms with van der Waals surface area (Å²) in [4.78, 5) is 9.09. The molecule has 1 aromatic rings. The van der Waals surface area contributed by atoms with E-state index >= 15 is 0 Å². The van der Waals surface area contributed by atoms with Gasteiger partial charge in [-0.1, -0.05) is 0 Å². The molecule has 1 aromatic heterocycles. The minimum atomic E-state index is 0.155. The first kappa shape index (κ1) is 13.8. The SMILES string of the molecule is CNC1CCOCC1c1nc(N2CCN(C)CC2)no1. The second kappa shape index (κ2) is 6.07. The van der Waals surface area contributed by atoms with Crippen LogP contribution in [0.5, 0.6) is 0 Å². The Hall–Kier alpha value is -1.18. The average molecular weight is 281 g/mol. The summed E-state index contributed by atoms with van der Waals surface area (Å²) in [6.07, 6.45) is 0.980. The molecule has 2 atom stereocenters. The van der Waals surface area contributed by atoms with Gasteiger partial charge in [0.2, 0.25) is 5.89 Å². The molecule has 0 radical (unpaired) electrons. The number of rotatable bonds is 3. The predicted octanol–water partition coefficient (Wildman–Crippen LogP) is -0.0867. The molecule has 0 bridgehead atoms. The Morgan fingerprint density at radius 2 is 2.05 bits per heavy atom. The number of ether oxygens (including phenoxy) is 1. The normalized spacial score (nSPS) is 28.8. The van der Waals surface area contributed by atoms with Crippen molar-refractivity contribution in [1.82, 2.24) is 20.4 Å². The Labute approximate surface area is 119 Å². The van der Waals surface area contributed by atoms with Gasteiger partial charge in [-0.25, -0.2) is 0 Å². The average Bonchev–Trinajstić information content (AvgIpc) is 2.97. The molecule has 2 aliphatic rings. The lowest BCUT2D eigenvalue weighted by Gasteiger charge is -2.31. The fraction of sp³-hybridized carbons (Fsp3) is 0.846. The van der Waals surface area contributed by atoms with E-state index in [4.69, 9.17) is 9.26 Å². The van der Waals surface area contributed by atoms with Crippen molar-refractivity contribution in [2.75, 3.05) is 58.4 Å². The van der Waals surface area contributed by atoms with Crippen LogP contribution in [0.2, 0.25) is 0 Å². The van der Waals surface area contributed by atoms with Crippen LogP contribution in [0.1, 0.15) is 18.2 Å². The molecular weight excluding hydrogens is 258 g/mol. The number of hydrogen-bond acceptors (Lipinski definition) is 7. The monoisotopic (exact) mass is 281 g/mol. The fourth-order valence-corrected chi connectivity index (χ4v) is 2.84. The van der Waals surface area contributed by atoms with Crippen molar-refractivity contribution in [3.63, 3.8) is 0 Å². The quantitative estimate of drug-likeness (QED) is 0.830. The largest absolute Gasteiger partial charge is 0.381 e. The highest BCUT2D eigenvalue weighted by molar-refractivity contribution is 5.29. The van der Waals surface area contributed by atoms with E-state index in [9.17, 15) is 0 Å². The molecule has 3 rings (SSSR count). The molecule has 1 N–H and O–H groups in total. The van der Waals surface area contributed by atoms with Gasteiger partial charge in [-0.2, -0.15) is 4.98 Å². The van der Waals surface area contributed by atoms with Gasteiger partial charge in [0.15, 0.2) is 0 Å². The van der Waals surface area contributed by atoms with Crippen molar-refractivity contribution in [3.8, 4) is 0 Å². The van der Waals surface area contributed by atoms with Gasteiger partial charge in [-0.05, 0) is 25.7 Å². The van der Waals surface area contributed by atoms with E-state index in [0.717, 1.165) is 39.2 Å². The maximum absolute atomic E-state index is 5.55. The third kappa shape index (κ3) is 2.79. The first-order chi connectivity index (χ1) is 9.78. The van der Waals surface area contributed by atoms with Crippen molar-refractivity contribution < 1.29 is 9.26 Å². The lowest BCUT2D eigenvalue weighted by Crippen LogP contribution is -2.45. The lowest BCUT2D eigenvalue weighted by atomic mass is 9.96. The minimum Gasteiger partial charge on any atom is -0.381 e. The van der Waals surface area contributed by atoms with Gasteiger partial charge in [0.1, 0.15) is 0 Å². The highest BCUT2D eigenvalue weighted by atomic mass is 16.5. The van der Waals surface area contributed by atoms with E-state index in [1.807, 2.05) is 7.05 Å². The molecule has 0 aromatic carbocycles. The van der Waals surface area contributed by atoms with Crippen LogP contribution < -0.4 is 10.2 Å². The lowest BCUT2D eigenvalue weighted by molar-refractivity contribution is 0.0516. The van der Waals surface area contributed by atoms with E-state index in [2.05, 4.69) is 32.3 Å². The number of hydrogen-bond donors (Lipinski definition) is 1. The van der Waals surface area contributed by atoms with Gasteiger partial charge < -0.3 is 24.4 Å². The van der Waals surface area contributed by atoms with Gasteiger partial charge in [0.25, 0.3) is 5.95 Å². The molecule has 0 amide bonds. The van der Waals surface area contributed by atoms with Crippen molar-refractivity contribution >= 4 is 5.95 Å². The zero-order chi connectivity index (χ0) is 13.9. The third-order valence-electron chi connectivity index (χ3n) is 4.26. The van der Waals surface area contributed by atoms with Crippen LogP contribution in [0.25, 0.3) is 0 Å². The highest BCUT2D eigenvalue weighted by Crippen LogP contribution is 2.26. The molecule has 112 valence electrons. The summed E-state index contributed by atoms with van der Waals surface area (Å²) >= 11 is 0. The van der Waals surface area contributed by atoms with Crippen molar-refractivity contribution in [1.29, 1.82) is 0 Å². The summed E-state index contributed by atoms with van der Waals surface area (Å²) in [5.74, 6) is 1.56. The van der Waals surface area contributed by atoms with E-state index in [1.54, 1.807) is 0 Å². The van der Waals surface area contributed by atoms with E-state index in [1.165, 1.54) is 0 Å². The Bertz CT molecular complexity index is 430. The van der Waals surface area contributed by atoms with E-state index < -0.39 is 0 Å². The molecule has 7 heteroatoms. The fourth-order valence-electron chi connectivity index (χ4n) is 2.84. The van der Waals surface area contributed by atoms with Crippen molar-refractivity contribution in [2.45, 2.75) is 18.4 Å². The molecule has 7 nitrogen and oxygen atoms in total. The van der Waals surface area contributed by atoms with Crippen LogP contribution >= 0.6 is 0 Å². The summed E-state index contributed by atoms with van der Waals surface area (Å²) in [6.45, 7) is 5.42. The molecule has 3 heterocycles. The third-order valence-corrected chi connectivity index (χ3v) is 4.26. The first-order valence-electron chi connectivity index (χ1n) is 7.30. The predicted molar refractivity (Wildman–Crippen MR) is 75.0 cm³/mol. The number of aromatic nitrogens is 2. The van der Waals surface area contributed by atoms with Crippen molar-refractivity contribution in [3.05, 3.63) is 5.89 Å². The molecular formula is C13H23N5O2. The Morgan fingerprint density at radius 3 is 2.80 bits per heavy atom. The van der Waals surface area contributed by atoms with Gasteiger partial charge in [0.05, 0.1) is 12.5 Å². The summed E-state index contributed by atoms with van der Waals surface area (Å²) in [6, 6.07) is 0.351. The Morgan fingerprint density at radius 1 is 1.25 bits per heavy atom. The second-order valence-electron chi connectivity index (χ2n) is 5.59. The highest BCUT2D eigenvalue weighted by Gasteiger charge is 2.31. The van der Waals surface area contributed by atoms with Crippen LogP contribution in [0.15, 0.2) is 4.52 Å². The van der Waals surface area contributed by atoms with E-state index in [0.29, 0.717) is 24.5 Å². The van der Waals surface area contributed by atoms with Gasteiger partial charge in [-0.15, -0.1) is 0 Å². The molecule has 0 spiro atoms. The molecule has 0 aliphatic carbocycles. The van der Waals surface area contributed by atoms with Crippen LogP contribution in [-0.2, 0) is 4.74 Å². The van der Waals surface area contributed by atoms with Gasteiger partial charge in [-0.3, -0.25) is 0 Å². The Balaban J connectivity index is 1.69. The zero-order valence-corrected chi connectivity index (χ0v) is 12.2. The van der Waals surface area contributed by atoms with Gasteiger partial charge in [0, 0.05) is 38.8 Å². The number of anilines is 1. The maximum atomic E-state index is 5.55. The molecule has 2 fully saturated rings. The molecule has 20 heavy (non-hydrogen) atoms. The molecule has 0 saturated carbocycles. The Kier molecular flexibility index (Phi) is 4.18. The van der Waals surface area contributed by atoms with Crippen LogP contribution in [0.3, 0.4) is 0 Å². The minimum absolute atomic E-state index is 0.155. The number of likely N-dealkylation sites (N-methyl/N-ethyl adjacent to an activating group) is 2. The standard InChI is InChI=1S/C13H23N5O2/c1-14-11-3-8-19-9-10(11)12-15-13(16-20-12)18-6-4-17(2)5-7-18/h10-11,14H,3-9H2,1-2H3. The first-order valence-corrected chi connectivity index (χ1v) is 7.30. The van der Waals surface area contributed by atoms with Gasteiger partial charge >= 0.3 is 0 Å². The summed E-state index contributed by atoms with van der Waals surface area (Å²) < 4.78 is 11.0. The summed E-state index contributed by atoms with van der Waals surface area (Å²) in [5.41, 5.74) is 0. The maximum Gasteiger partial charge on any atom is 0.266 e. The number of nitrogens with zero attached hydrogens (tertiary/aromatic N) is 4. The summed E-state index contributed by atoms with van der Waals surface area (Å²) in [7, 11) is 4.11. The molecule has 2 saturated heterocycles. The summed E-state index contributed by atoms with van der Waals surface area (Å²) in [5, 5.41) is 7.47. The van der Waals surface area contributed by atoms with E-state index in [-0.39, 0.29) is 5.92 Å². The van der Waals surface area contributed by atoms with Crippen LogP contribution in [0, 0.1) is 0 Å². The second-order valence-corrected chi connectivity index (χ2v) is 5.59. The zero-order valence-electron chi connectivity index (χ0n) is 12.2. The number of nitrogens with one attached hydrogen (secondary N) is 1. The molecule has 2 aliphatic heterocycles. The smallest absolute Gasteiger partial charge is 0.266 e. The van der Waals surface area contributed by atoms with Crippen LogP contribution in [-0.4, -0.2) is 74.6 Å². The van der Waals surface area contributed by atoms with Crippen LogP contribution in [0.4, 0.5) is 5.95 Å². The van der Waals surface area contributed by atoms with Crippen molar-refractivity contribution in [2.24, 2.45) is 0 Å².